The van der Waals surface area contributed by atoms with E-state index in [0.717, 1.165) is 0 Å². The Bertz CT molecular complexity index is 1330. The minimum absolute atomic E-state index is 0.274. The summed E-state index contributed by atoms with van der Waals surface area (Å²) in [6.45, 7) is 0. The molecule has 0 aromatic heterocycles. The zero-order valence-corrected chi connectivity index (χ0v) is 18.8. The fourth-order valence-corrected chi connectivity index (χ4v) is 4.52. The molecule has 0 unspecified atom stereocenters. The van der Waals surface area contributed by atoms with Crippen LogP contribution in [0.25, 0.3) is 0 Å². The van der Waals surface area contributed by atoms with Crippen LogP contribution >= 0.6 is 0 Å². The van der Waals surface area contributed by atoms with E-state index in [1.807, 2.05) is 0 Å². The van der Waals surface area contributed by atoms with E-state index >= 15 is 0 Å². The first-order valence-corrected chi connectivity index (χ1v) is 10.6. The normalized spacial score (nSPS) is 20.3. The average molecular weight is 458 g/mol. The number of carbonyl (C=O) groups is 2. The second kappa shape index (κ2) is 8.22. The van der Waals surface area contributed by atoms with Crippen LogP contribution in [0.3, 0.4) is 0 Å². The fraction of sp³-hybridized carbons (Fsp3) is 0.192. The lowest BCUT2D eigenvalue weighted by Crippen LogP contribution is -2.46. The van der Waals surface area contributed by atoms with E-state index in [1.165, 1.54) is 14.2 Å². The Balaban J connectivity index is 1.72. The first-order chi connectivity index (χ1) is 16.5. The molecule has 1 N–H and O–H groups in total. The quantitative estimate of drug-likeness (QED) is 0.565. The number of oxime groups is 1. The summed E-state index contributed by atoms with van der Waals surface area (Å²) in [6, 6.07) is 19.1. The first kappa shape index (κ1) is 21.5. The Kier molecular flexibility index (Phi) is 5.20. The topological polar surface area (TPSA) is 95.5 Å². The van der Waals surface area contributed by atoms with Gasteiger partial charge in [-0.2, -0.15) is 0 Å². The maximum absolute atomic E-state index is 14.1. The van der Waals surface area contributed by atoms with Gasteiger partial charge < -0.3 is 24.4 Å². The van der Waals surface area contributed by atoms with Gasteiger partial charge >= 0.3 is 0 Å². The molecule has 0 bridgehead atoms. The minimum atomic E-state index is -1.67. The molecule has 0 radical (unpaired) electrons. The highest BCUT2D eigenvalue weighted by Gasteiger charge is 2.63. The number of rotatable bonds is 6. The van der Waals surface area contributed by atoms with Crippen molar-refractivity contribution in [3.05, 3.63) is 83.4 Å². The summed E-state index contributed by atoms with van der Waals surface area (Å²) in [4.78, 5) is 33.5. The van der Waals surface area contributed by atoms with Crippen LogP contribution in [0.4, 0.5) is 5.69 Å². The van der Waals surface area contributed by atoms with Crippen molar-refractivity contribution in [2.24, 2.45) is 11.1 Å². The molecule has 0 aliphatic carbocycles. The maximum Gasteiger partial charge on any atom is 0.277 e. The van der Waals surface area contributed by atoms with Gasteiger partial charge in [0.2, 0.25) is 0 Å². The lowest BCUT2D eigenvalue weighted by atomic mass is 9.74. The van der Waals surface area contributed by atoms with Crippen molar-refractivity contribution >= 4 is 23.1 Å². The summed E-state index contributed by atoms with van der Waals surface area (Å²) < 4.78 is 16.2. The number of ketones is 1. The van der Waals surface area contributed by atoms with Crippen LogP contribution in [-0.4, -0.2) is 38.7 Å². The van der Waals surface area contributed by atoms with E-state index in [-0.39, 0.29) is 11.5 Å². The van der Waals surface area contributed by atoms with Crippen molar-refractivity contribution in [1.82, 2.24) is 0 Å². The predicted octanol–water partition coefficient (Wildman–Crippen LogP) is 3.79. The van der Waals surface area contributed by atoms with E-state index in [1.54, 1.807) is 73.8 Å². The number of nitrogens with zero attached hydrogens (tertiary/aromatic N) is 1. The molecule has 2 aliphatic heterocycles. The number of Topliss-reactive ketones (excluding diaryl/α,β-unsaturated/α-hetero) is 1. The van der Waals surface area contributed by atoms with Gasteiger partial charge in [-0.25, -0.2) is 0 Å². The van der Waals surface area contributed by atoms with Gasteiger partial charge in [-0.15, -0.1) is 0 Å². The van der Waals surface area contributed by atoms with Crippen molar-refractivity contribution in [3.63, 3.8) is 0 Å². The number of para-hydroxylation sites is 1. The standard InChI is InChI=1S/C26H22N2O6/c1-31-16-8-6-7-15(13-16)24(29)22-23(18-14-17(32-2)11-12-21(18)33-3)28-34-26(22)19-9-4-5-10-20(19)27-25(26)30/h4-14,22H,1-3H3,(H,27,30)/t22-,26+/m0/s1. The molecule has 172 valence electrons. The third-order valence-corrected chi connectivity index (χ3v) is 6.18. The molecule has 8 nitrogen and oxygen atoms in total. The monoisotopic (exact) mass is 458 g/mol. The predicted molar refractivity (Wildman–Crippen MR) is 125 cm³/mol. The van der Waals surface area contributed by atoms with E-state index in [9.17, 15) is 9.59 Å². The van der Waals surface area contributed by atoms with Crippen LogP contribution in [0.5, 0.6) is 17.2 Å². The molecule has 0 saturated carbocycles. The Morgan fingerprint density at radius 3 is 2.47 bits per heavy atom. The molecule has 3 aromatic carbocycles. The molecular formula is C26H22N2O6. The van der Waals surface area contributed by atoms with Crippen molar-refractivity contribution in [2.45, 2.75) is 5.60 Å². The Hall–Kier alpha value is -4.33. The Morgan fingerprint density at radius 2 is 1.71 bits per heavy atom. The molecule has 8 heteroatoms. The highest BCUT2D eigenvalue weighted by molar-refractivity contribution is 6.25. The molecule has 2 aliphatic rings. The van der Waals surface area contributed by atoms with Crippen molar-refractivity contribution in [3.8, 4) is 17.2 Å². The van der Waals surface area contributed by atoms with Crippen LogP contribution in [0, 0.1) is 5.92 Å². The summed E-state index contributed by atoms with van der Waals surface area (Å²) in [5.41, 5.74) is 0.584. The van der Waals surface area contributed by atoms with Gasteiger partial charge in [-0.1, -0.05) is 35.5 Å². The van der Waals surface area contributed by atoms with Crippen molar-refractivity contribution in [2.75, 3.05) is 26.6 Å². The van der Waals surface area contributed by atoms with E-state index < -0.39 is 17.4 Å². The second-order valence-corrected chi connectivity index (χ2v) is 7.90. The zero-order chi connectivity index (χ0) is 23.9. The summed E-state index contributed by atoms with van der Waals surface area (Å²) in [7, 11) is 4.59. The van der Waals surface area contributed by atoms with Crippen LogP contribution < -0.4 is 19.5 Å². The van der Waals surface area contributed by atoms with Crippen LogP contribution in [0.1, 0.15) is 21.5 Å². The average Bonchev–Trinajstić information content (AvgIpc) is 3.42. The first-order valence-electron chi connectivity index (χ1n) is 10.6. The van der Waals surface area contributed by atoms with Gasteiger partial charge in [-0.05, 0) is 36.4 Å². The second-order valence-electron chi connectivity index (χ2n) is 7.90. The summed E-state index contributed by atoms with van der Waals surface area (Å²) in [6.07, 6.45) is 0. The number of hydrogen-bond acceptors (Lipinski definition) is 7. The maximum atomic E-state index is 14.1. The van der Waals surface area contributed by atoms with Gasteiger partial charge in [0.15, 0.2) is 5.78 Å². The number of hydrogen-bond donors (Lipinski definition) is 1. The van der Waals surface area contributed by atoms with E-state index in [4.69, 9.17) is 19.0 Å². The fourth-order valence-electron chi connectivity index (χ4n) is 4.52. The third-order valence-electron chi connectivity index (χ3n) is 6.18. The van der Waals surface area contributed by atoms with Gasteiger partial charge in [-0.3, -0.25) is 9.59 Å². The summed E-state index contributed by atoms with van der Waals surface area (Å²) in [5, 5.41) is 7.16. The number of carbonyl (C=O) groups excluding carboxylic acids is 2. The Labute approximate surface area is 196 Å². The van der Waals surface area contributed by atoms with Crippen molar-refractivity contribution in [1.29, 1.82) is 0 Å². The third kappa shape index (κ3) is 3.10. The smallest absolute Gasteiger partial charge is 0.277 e. The van der Waals surface area contributed by atoms with Crippen molar-refractivity contribution < 1.29 is 28.6 Å². The lowest BCUT2D eigenvalue weighted by Gasteiger charge is -2.27. The molecule has 0 saturated heterocycles. The molecule has 1 spiro atoms. The number of ether oxygens (including phenoxy) is 3. The SMILES string of the molecule is COc1cccc(C(=O)[C@@H]2C(c3cc(OC)ccc3OC)=NO[C@@]23C(=O)Nc2ccccc23)c1. The van der Waals surface area contributed by atoms with Crippen LogP contribution in [0.15, 0.2) is 71.9 Å². The number of anilines is 1. The Morgan fingerprint density at radius 1 is 0.941 bits per heavy atom. The van der Waals surface area contributed by atoms with E-state index in [0.29, 0.717) is 39.6 Å². The molecular weight excluding hydrogens is 436 g/mol. The number of fused-ring (bicyclic) bond motifs is 2. The van der Waals surface area contributed by atoms with Gasteiger partial charge in [0, 0.05) is 22.4 Å². The number of benzene rings is 3. The summed E-state index contributed by atoms with van der Waals surface area (Å²) >= 11 is 0. The van der Waals surface area contributed by atoms with Gasteiger partial charge in [0.1, 0.15) is 28.9 Å². The van der Waals surface area contributed by atoms with Gasteiger partial charge in [0.05, 0.1) is 21.3 Å². The lowest BCUT2D eigenvalue weighted by molar-refractivity contribution is -0.140. The summed E-state index contributed by atoms with van der Waals surface area (Å²) in [5.74, 6) is -0.363. The molecule has 0 fully saturated rings. The van der Waals surface area contributed by atoms with E-state index in [2.05, 4.69) is 10.5 Å². The van der Waals surface area contributed by atoms with Crippen LogP contribution in [0.2, 0.25) is 0 Å². The molecule has 2 atom stereocenters. The number of methoxy groups -OCH3 is 3. The zero-order valence-electron chi connectivity index (χ0n) is 18.8. The molecule has 34 heavy (non-hydrogen) atoms. The largest absolute Gasteiger partial charge is 0.497 e. The number of nitrogens with one attached hydrogen (secondary N) is 1. The van der Waals surface area contributed by atoms with Gasteiger partial charge in [0.25, 0.3) is 11.5 Å². The highest BCUT2D eigenvalue weighted by Crippen LogP contribution is 2.50. The van der Waals surface area contributed by atoms with Crippen LogP contribution in [-0.2, 0) is 15.2 Å². The molecule has 5 rings (SSSR count). The molecule has 2 heterocycles. The number of amides is 1. The molecule has 1 amide bonds. The molecule has 3 aromatic rings. The minimum Gasteiger partial charge on any atom is -0.497 e. The highest BCUT2D eigenvalue weighted by atomic mass is 16.7.